The van der Waals surface area contributed by atoms with Gasteiger partial charge >= 0.3 is 17.9 Å². The minimum atomic E-state index is -0.763. The van der Waals surface area contributed by atoms with E-state index in [1.807, 2.05) is 0 Å². The SMILES string of the molecule is CCCCCCCCCCCCCCCCCCC(=O)O[C@H](COC(=O)CCCCCCCCCCCCCCCCCCCCC(C)C)COC(=O)CCCCCCCCCCCCC(C)C. The predicted molar refractivity (Wildman–Crippen MR) is 293 cm³/mol. The molecule has 1 atom stereocenters. The normalized spacial score (nSPS) is 12.0. The van der Waals surface area contributed by atoms with Crippen molar-refractivity contribution in [1.29, 1.82) is 0 Å². The van der Waals surface area contributed by atoms with Crippen LogP contribution in [-0.2, 0) is 28.6 Å². The van der Waals surface area contributed by atoms with E-state index >= 15 is 0 Å². The average Bonchev–Trinajstić information content (AvgIpc) is 3.31. The summed E-state index contributed by atoms with van der Waals surface area (Å²) in [5.41, 5.74) is 0. The van der Waals surface area contributed by atoms with Crippen LogP contribution in [0.5, 0.6) is 0 Å². The van der Waals surface area contributed by atoms with E-state index in [1.165, 1.54) is 238 Å². The Hall–Kier alpha value is -1.59. The third kappa shape index (κ3) is 55.3. The Bertz CT molecular complexity index is 1040. The Morgan fingerprint density at radius 1 is 0.279 bits per heavy atom. The van der Waals surface area contributed by atoms with E-state index in [9.17, 15) is 14.4 Å². The van der Waals surface area contributed by atoms with Crippen LogP contribution in [0.4, 0.5) is 0 Å². The molecule has 68 heavy (non-hydrogen) atoms. The van der Waals surface area contributed by atoms with Crippen molar-refractivity contribution in [2.45, 2.75) is 355 Å². The highest BCUT2D eigenvalue weighted by Gasteiger charge is 2.19. The molecular weight excluding hydrogens is 841 g/mol. The van der Waals surface area contributed by atoms with Gasteiger partial charge in [-0.15, -0.1) is 0 Å². The average molecular weight is 962 g/mol. The van der Waals surface area contributed by atoms with Gasteiger partial charge in [0.1, 0.15) is 13.2 Å². The molecule has 404 valence electrons. The highest BCUT2D eigenvalue weighted by atomic mass is 16.6. The fraction of sp³-hybridized carbons (Fsp3) is 0.952. The highest BCUT2D eigenvalue weighted by Crippen LogP contribution is 2.19. The molecule has 0 heterocycles. The molecule has 0 rings (SSSR count). The van der Waals surface area contributed by atoms with Crippen molar-refractivity contribution in [2.24, 2.45) is 11.8 Å². The molecule has 0 aliphatic carbocycles. The largest absolute Gasteiger partial charge is 0.462 e. The topological polar surface area (TPSA) is 78.9 Å². The first-order chi connectivity index (χ1) is 33.2. The minimum absolute atomic E-state index is 0.0623. The molecule has 0 N–H and O–H groups in total. The molecule has 0 aromatic heterocycles. The smallest absolute Gasteiger partial charge is 0.306 e. The zero-order chi connectivity index (χ0) is 49.6. The first-order valence-electron chi connectivity index (χ1n) is 30.7. The molecule has 0 unspecified atom stereocenters. The number of unbranched alkanes of at least 4 members (excludes halogenated alkanes) is 41. The summed E-state index contributed by atoms with van der Waals surface area (Å²) in [7, 11) is 0. The van der Waals surface area contributed by atoms with Crippen LogP contribution in [0.15, 0.2) is 0 Å². The molecule has 0 saturated carbocycles. The van der Waals surface area contributed by atoms with E-state index in [0.717, 1.165) is 69.6 Å². The minimum Gasteiger partial charge on any atom is -0.462 e. The van der Waals surface area contributed by atoms with E-state index in [4.69, 9.17) is 14.2 Å². The van der Waals surface area contributed by atoms with Crippen LogP contribution in [0.2, 0.25) is 0 Å². The van der Waals surface area contributed by atoms with Crippen molar-refractivity contribution < 1.29 is 28.6 Å². The summed E-state index contributed by atoms with van der Waals surface area (Å²) in [5, 5.41) is 0. The van der Waals surface area contributed by atoms with E-state index in [1.54, 1.807) is 0 Å². The van der Waals surface area contributed by atoms with Crippen LogP contribution in [0.25, 0.3) is 0 Å². The lowest BCUT2D eigenvalue weighted by atomic mass is 10.0. The maximum atomic E-state index is 12.9. The van der Waals surface area contributed by atoms with Crippen LogP contribution in [0.3, 0.4) is 0 Å². The van der Waals surface area contributed by atoms with Gasteiger partial charge in [0.2, 0.25) is 0 Å². The number of carbonyl (C=O) groups excluding carboxylic acids is 3. The van der Waals surface area contributed by atoms with E-state index in [-0.39, 0.29) is 31.1 Å². The van der Waals surface area contributed by atoms with Gasteiger partial charge in [-0.25, -0.2) is 0 Å². The van der Waals surface area contributed by atoms with Gasteiger partial charge in [-0.2, -0.15) is 0 Å². The molecular formula is C62H120O6. The molecule has 0 aliphatic rings. The van der Waals surface area contributed by atoms with Crippen LogP contribution in [0.1, 0.15) is 349 Å². The fourth-order valence-corrected chi connectivity index (χ4v) is 9.58. The number of hydrogen-bond donors (Lipinski definition) is 0. The molecule has 0 amide bonds. The van der Waals surface area contributed by atoms with Crippen LogP contribution in [0, 0.1) is 11.8 Å². The fourth-order valence-electron chi connectivity index (χ4n) is 9.58. The van der Waals surface area contributed by atoms with E-state index < -0.39 is 6.10 Å². The number of esters is 3. The second kappa shape index (κ2) is 54.7. The third-order valence-electron chi connectivity index (χ3n) is 14.2. The van der Waals surface area contributed by atoms with Crippen molar-refractivity contribution in [2.75, 3.05) is 13.2 Å². The Morgan fingerprint density at radius 3 is 0.721 bits per heavy atom. The summed E-state index contributed by atoms with van der Waals surface area (Å²) in [5.74, 6) is 0.842. The van der Waals surface area contributed by atoms with Crippen molar-refractivity contribution in [3.8, 4) is 0 Å². The lowest BCUT2D eigenvalue weighted by Crippen LogP contribution is -2.30. The molecule has 0 fully saturated rings. The molecule has 0 aliphatic heterocycles. The second-order valence-corrected chi connectivity index (χ2v) is 22.3. The first-order valence-corrected chi connectivity index (χ1v) is 30.7. The van der Waals surface area contributed by atoms with Gasteiger partial charge in [0, 0.05) is 19.3 Å². The molecule has 0 radical (unpaired) electrons. The van der Waals surface area contributed by atoms with E-state index in [2.05, 4.69) is 34.6 Å². The summed E-state index contributed by atoms with van der Waals surface area (Å²) in [6.07, 6.45) is 59.6. The number of carbonyl (C=O) groups is 3. The second-order valence-electron chi connectivity index (χ2n) is 22.3. The molecule has 6 nitrogen and oxygen atoms in total. The lowest BCUT2D eigenvalue weighted by molar-refractivity contribution is -0.167. The molecule has 0 bridgehead atoms. The van der Waals surface area contributed by atoms with Gasteiger partial charge < -0.3 is 14.2 Å². The van der Waals surface area contributed by atoms with Gasteiger partial charge in [-0.05, 0) is 31.1 Å². The molecule has 0 aromatic carbocycles. The van der Waals surface area contributed by atoms with Crippen LogP contribution < -0.4 is 0 Å². The Labute approximate surface area is 425 Å². The maximum absolute atomic E-state index is 12.9. The molecule has 6 heteroatoms. The highest BCUT2D eigenvalue weighted by molar-refractivity contribution is 5.71. The lowest BCUT2D eigenvalue weighted by Gasteiger charge is -2.18. The Kier molecular flexibility index (Phi) is 53.5. The van der Waals surface area contributed by atoms with Crippen molar-refractivity contribution in [3.05, 3.63) is 0 Å². The first kappa shape index (κ1) is 66.4. The van der Waals surface area contributed by atoms with E-state index in [0.29, 0.717) is 19.3 Å². The standard InChI is InChI=1S/C62H120O6/c1-6-7-8-9-10-11-12-13-14-20-24-27-34-39-44-49-54-62(65)68-59(56-67-61(64)53-48-43-38-33-29-28-31-36-41-46-51-58(4)5)55-66-60(63)52-47-42-37-32-26-23-21-18-16-15-17-19-22-25-30-35-40-45-50-57(2)3/h57-59H,6-56H2,1-5H3/t59-/m1/s1. The monoisotopic (exact) mass is 961 g/mol. The quantitative estimate of drug-likeness (QED) is 0.0343. The summed E-state index contributed by atoms with van der Waals surface area (Å²) in [4.78, 5) is 38.2. The summed E-state index contributed by atoms with van der Waals surface area (Å²) < 4.78 is 16.9. The van der Waals surface area contributed by atoms with Gasteiger partial charge in [0.25, 0.3) is 0 Å². The number of ether oxygens (including phenoxy) is 3. The van der Waals surface area contributed by atoms with Crippen LogP contribution in [-0.4, -0.2) is 37.2 Å². The summed E-state index contributed by atoms with van der Waals surface area (Å²) >= 11 is 0. The molecule has 0 spiro atoms. The van der Waals surface area contributed by atoms with Crippen molar-refractivity contribution in [1.82, 2.24) is 0 Å². The predicted octanol–water partition coefficient (Wildman–Crippen LogP) is 20.4. The van der Waals surface area contributed by atoms with Gasteiger partial charge in [-0.1, -0.05) is 311 Å². The van der Waals surface area contributed by atoms with Gasteiger partial charge in [0.05, 0.1) is 0 Å². The van der Waals surface area contributed by atoms with Crippen molar-refractivity contribution >= 4 is 17.9 Å². The van der Waals surface area contributed by atoms with Gasteiger partial charge in [0.15, 0.2) is 6.10 Å². The summed E-state index contributed by atoms with van der Waals surface area (Å²) in [6, 6.07) is 0. The van der Waals surface area contributed by atoms with Crippen molar-refractivity contribution in [3.63, 3.8) is 0 Å². The Morgan fingerprint density at radius 2 is 0.485 bits per heavy atom. The summed E-state index contributed by atoms with van der Waals surface area (Å²) in [6.45, 7) is 11.4. The maximum Gasteiger partial charge on any atom is 0.306 e. The molecule has 0 saturated heterocycles. The molecule has 0 aromatic rings. The third-order valence-corrected chi connectivity index (χ3v) is 14.2. The zero-order valence-corrected chi connectivity index (χ0v) is 46.7. The zero-order valence-electron chi connectivity index (χ0n) is 46.7. The van der Waals surface area contributed by atoms with Gasteiger partial charge in [-0.3, -0.25) is 14.4 Å². The number of rotatable bonds is 56. The Balaban J connectivity index is 4.25. The van der Waals surface area contributed by atoms with Crippen LogP contribution >= 0.6 is 0 Å². The number of hydrogen-bond acceptors (Lipinski definition) is 6.